The van der Waals surface area contributed by atoms with E-state index >= 15 is 0 Å². The van der Waals surface area contributed by atoms with E-state index in [1.54, 1.807) is 30.3 Å². The molecule has 0 bridgehead atoms. The molecule has 1 aliphatic rings. The summed E-state index contributed by atoms with van der Waals surface area (Å²) in [6, 6.07) is 12.1. The fourth-order valence-electron chi connectivity index (χ4n) is 2.93. The van der Waals surface area contributed by atoms with Gasteiger partial charge in [0.05, 0.1) is 15.8 Å². The van der Waals surface area contributed by atoms with Crippen LogP contribution < -0.4 is 5.32 Å². The molecule has 26 heavy (non-hydrogen) atoms. The molecule has 0 aliphatic carbocycles. The summed E-state index contributed by atoms with van der Waals surface area (Å²) in [4.78, 5) is 12.7. The Bertz CT molecular complexity index is 906. The molecule has 138 valence electrons. The lowest BCUT2D eigenvalue weighted by Gasteiger charge is -2.31. The highest BCUT2D eigenvalue weighted by Gasteiger charge is 2.33. The number of hydrogen-bond acceptors (Lipinski definition) is 3. The monoisotopic (exact) mass is 396 g/mol. The van der Waals surface area contributed by atoms with Gasteiger partial charge in [-0.15, -0.1) is 0 Å². The highest BCUT2D eigenvalue weighted by Crippen LogP contribution is 2.25. The zero-order valence-electron chi connectivity index (χ0n) is 13.9. The van der Waals surface area contributed by atoms with Crippen LogP contribution in [-0.2, 0) is 14.8 Å². The van der Waals surface area contributed by atoms with Gasteiger partial charge in [0, 0.05) is 18.8 Å². The second-order valence-corrected chi connectivity index (χ2v) is 8.48. The molecule has 8 heteroatoms. The standard InChI is InChI=1S/C18H18ClFN2O3S/c19-16-11-14(8-9-17(16)20)21-18(23)13-5-4-10-22(12-13)26(24,25)15-6-2-1-3-7-15/h1-3,6-9,11,13H,4-5,10,12H2,(H,21,23). The van der Waals surface area contributed by atoms with Crippen LogP contribution >= 0.6 is 11.6 Å². The molecule has 2 aromatic carbocycles. The van der Waals surface area contributed by atoms with Gasteiger partial charge in [0.2, 0.25) is 15.9 Å². The Balaban J connectivity index is 1.71. The summed E-state index contributed by atoms with van der Waals surface area (Å²) in [7, 11) is -3.63. The minimum Gasteiger partial charge on any atom is -0.326 e. The number of carbonyl (C=O) groups is 1. The molecule has 1 heterocycles. The molecule has 5 nitrogen and oxygen atoms in total. The van der Waals surface area contributed by atoms with Crippen molar-refractivity contribution in [1.82, 2.24) is 4.31 Å². The SMILES string of the molecule is O=C(Nc1ccc(F)c(Cl)c1)C1CCCN(S(=O)(=O)c2ccccc2)C1. The first-order chi connectivity index (χ1) is 12.4. The molecule has 0 aromatic heterocycles. The second kappa shape index (κ2) is 7.73. The van der Waals surface area contributed by atoms with Gasteiger partial charge < -0.3 is 5.32 Å². The van der Waals surface area contributed by atoms with Gasteiger partial charge >= 0.3 is 0 Å². The molecule has 1 unspecified atom stereocenters. The Morgan fingerprint density at radius 2 is 1.92 bits per heavy atom. The summed E-state index contributed by atoms with van der Waals surface area (Å²) in [5.41, 5.74) is 0.379. The Morgan fingerprint density at radius 1 is 1.19 bits per heavy atom. The Kier molecular flexibility index (Phi) is 5.60. The van der Waals surface area contributed by atoms with Crippen LogP contribution in [0.4, 0.5) is 10.1 Å². The first-order valence-corrected chi connectivity index (χ1v) is 10.0. The number of halogens is 2. The smallest absolute Gasteiger partial charge is 0.243 e. The number of piperidine rings is 1. The van der Waals surface area contributed by atoms with Crippen LogP contribution in [0.25, 0.3) is 0 Å². The highest BCUT2D eigenvalue weighted by molar-refractivity contribution is 7.89. The summed E-state index contributed by atoms with van der Waals surface area (Å²) < 4.78 is 40.0. The summed E-state index contributed by atoms with van der Waals surface area (Å²) in [6.07, 6.45) is 1.18. The van der Waals surface area contributed by atoms with E-state index in [-0.39, 0.29) is 22.4 Å². The van der Waals surface area contributed by atoms with Gasteiger partial charge in [-0.05, 0) is 43.2 Å². The fraction of sp³-hybridized carbons (Fsp3) is 0.278. The van der Waals surface area contributed by atoms with E-state index in [0.29, 0.717) is 25.1 Å². The van der Waals surface area contributed by atoms with Gasteiger partial charge in [0.1, 0.15) is 5.82 Å². The van der Waals surface area contributed by atoms with Gasteiger partial charge in [0.25, 0.3) is 0 Å². The lowest BCUT2D eigenvalue weighted by atomic mass is 9.99. The lowest BCUT2D eigenvalue weighted by molar-refractivity contribution is -0.120. The number of anilines is 1. The zero-order valence-corrected chi connectivity index (χ0v) is 15.4. The molecule has 2 aromatic rings. The van der Waals surface area contributed by atoms with E-state index in [1.807, 2.05) is 0 Å². The van der Waals surface area contributed by atoms with Crippen molar-refractivity contribution < 1.29 is 17.6 Å². The normalized spacial score (nSPS) is 18.5. The van der Waals surface area contributed by atoms with Crippen LogP contribution in [0.2, 0.25) is 5.02 Å². The number of rotatable bonds is 4. The van der Waals surface area contributed by atoms with Gasteiger partial charge in [-0.2, -0.15) is 4.31 Å². The van der Waals surface area contributed by atoms with Crippen molar-refractivity contribution in [2.45, 2.75) is 17.7 Å². The summed E-state index contributed by atoms with van der Waals surface area (Å²) >= 11 is 5.72. The fourth-order valence-corrected chi connectivity index (χ4v) is 4.66. The van der Waals surface area contributed by atoms with Crippen LogP contribution in [0.3, 0.4) is 0 Å². The maximum absolute atomic E-state index is 13.2. The molecule has 1 atom stereocenters. The van der Waals surface area contributed by atoms with Crippen LogP contribution in [0.1, 0.15) is 12.8 Å². The molecular formula is C18H18ClFN2O3S. The predicted octanol–water partition coefficient (Wildman–Crippen LogP) is 3.52. The predicted molar refractivity (Wildman–Crippen MR) is 98.0 cm³/mol. The van der Waals surface area contributed by atoms with E-state index < -0.39 is 21.8 Å². The molecule has 1 N–H and O–H groups in total. The van der Waals surface area contributed by atoms with E-state index in [2.05, 4.69) is 5.32 Å². The average molecular weight is 397 g/mol. The molecule has 3 rings (SSSR count). The third-order valence-electron chi connectivity index (χ3n) is 4.32. The van der Waals surface area contributed by atoms with Gasteiger partial charge in [-0.25, -0.2) is 12.8 Å². The molecular weight excluding hydrogens is 379 g/mol. The summed E-state index contributed by atoms with van der Waals surface area (Å²) in [5.74, 6) is -1.35. The van der Waals surface area contributed by atoms with E-state index in [1.165, 1.54) is 22.5 Å². The molecule has 1 saturated heterocycles. The second-order valence-electron chi connectivity index (χ2n) is 6.13. The highest BCUT2D eigenvalue weighted by atomic mass is 35.5. The Hall–Kier alpha value is -1.96. The number of sulfonamides is 1. The van der Waals surface area contributed by atoms with Crippen LogP contribution in [0.15, 0.2) is 53.4 Å². The number of amides is 1. The van der Waals surface area contributed by atoms with E-state index in [0.717, 1.165) is 0 Å². The number of hydrogen-bond donors (Lipinski definition) is 1. The molecule has 0 spiro atoms. The minimum atomic E-state index is -3.63. The maximum atomic E-state index is 13.2. The van der Waals surface area contributed by atoms with Gasteiger partial charge in [0.15, 0.2) is 0 Å². The number of benzene rings is 2. The first-order valence-electron chi connectivity index (χ1n) is 8.19. The average Bonchev–Trinajstić information content (AvgIpc) is 2.65. The van der Waals surface area contributed by atoms with Gasteiger partial charge in [-0.3, -0.25) is 4.79 Å². The van der Waals surface area contributed by atoms with Crippen LogP contribution in [0, 0.1) is 11.7 Å². The van der Waals surface area contributed by atoms with Crippen molar-refractivity contribution >= 4 is 33.2 Å². The summed E-state index contributed by atoms with van der Waals surface area (Å²) in [5, 5.41) is 2.60. The van der Waals surface area contributed by atoms with Crippen molar-refractivity contribution in [3.05, 3.63) is 59.4 Å². The van der Waals surface area contributed by atoms with E-state index in [4.69, 9.17) is 11.6 Å². The number of nitrogens with one attached hydrogen (secondary N) is 1. The first kappa shape index (κ1) is 18.8. The summed E-state index contributed by atoms with van der Waals surface area (Å²) in [6.45, 7) is 0.487. The zero-order chi connectivity index (χ0) is 18.7. The van der Waals surface area contributed by atoms with Crippen molar-refractivity contribution in [3.8, 4) is 0 Å². The van der Waals surface area contributed by atoms with Crippen molar-refractivity contribution in [2.24, 2.45) is 5.92 Å². The lowest BCUT2D eigenvalue weighted by Crippen LogP contribution is -2.43. The Labute approximate surface area is 156 Å². The molecule has 0 saturated carbocycles. The molecule has 1 amide bonds. The van der Waals surface area contributed by atoms with Gasteiger partial charge in [-0.1, -0.05) is 29.8 Å². The van der Waals surface area contributed by atoms with Crippen molar-refractivity contribution in [2.75, 3.05) is 18.4 Å². The topological polar surface area (TPSA) is 66.5 Å². The molecule has 1 fully saturated rings. The molecule has 1 aliphatic heterocycles. The number of carbonyl (C=O) groups excluding carboxylic acids is 1. The Morgan fingerprint density at radius 3 is 2.62 bits per heavy atom. The van der Waals surface area contributed by atoms with Crippen molar-refractivity contribution in [1.29, 1.82) is 0 Å². The van der Waals surface area contributed by atoms with E-state index in [9.17, 15) is 17.6 Å². The van der Waals surface area contributed by atoms with Crippen molar-refractivity contribution in [3.63, 3.8) is 0 Å². The third kappa shape index (κ3) is 4.06. The quantitative estimate of drug-likeness (QED) is 0.859. The minimum absolute atomic E-state index is 0.0836. The molecule has 0 radical (unpaired) electrons. The number of nitrogens with zero attached hydrogens (tertiary/aromatic N) is 1. The third-order valence-corrected chi connectivity index (χ3v) is 6.49. The maximum Gasteiger partial charge on any atom is 0.243 e. The largest absolute Gasteiger partial charge is 0.326 e. The van der Waals surface area contributed by atoms with Crippen LogP contribution in [0.5, 0.6) is 0 Å². The van der Waals surface area contributed by atoms with Crippen LogP contribution in [-0.4, -0.2) is 31.7 Å².